The second-order valence-electron chi connectivity index (χ2n) is 6.89. The molecular formula is C22H28N5O3. The zero-order valence-electron chi connectivity index (χ0n) is 16.8. The topological polar surface area (TPSA) is 143 Å². The molecule has 0 fully saturated rings. The first-order valence-corrected chi connectivity index (χ1v) is 9.75. The number of nitrogens with one attached hydrogen (secondary N) is 3. The number of ether oxygens (including phenoxy) is 1. The lowest BCUT2D eigenvalue weighted by Gasteiger charge is -2.16. The molecule has 0 saturated heterocycles. The SMILES string of the molecule is N=C(N)NCCC[C@H]([C]=O)NC(=O)[C@@H](N)Cc1ccc(OCc2ccccc2)cc1. The minimum Gasteiger partial charge on any atom is -0.489 e. The van der Waals surface area contributed by atoms with Gasteiger partial charge in [-0.25, -0.2) is 0 Å². The Morgan fingerprint density at radius 3 is 2.43 bits per heavy atom. The third-order valence-electron chi connectivity index (χ3n) is 4.41. The van der Waals surface area contributed by atoms with Crippen molar-refractivity contribution in [1.82, 2.24) is 10.6 Å². The zero-order valence-corrected chi connectivity index (χ0v) is 16.8. The number of hydrogen-bond acceptors (Lipinski definition) is 5. The maximum absolute atomic E-state index is 12.3. The van der Waals surface area contributed by atoms with Gasteiger partial charge in [0.15, 0.2) is 5.96 Å². The van der Waals surface area contributed by atoms with Crippen LogP contribution in [0.4, 0.5) is 0 Å². The standard InChI is InChI=1S/C22H28N5O3/c23-20(21(29)27-18(14-28)7-4-12-26-22(24)25)13-16-8-10-19(11-9-16)30-15-17-5-2-1-3-6-17/h1-3,5-6,8-11,18,20H,4,7,12-13,15,23H2,(H,27,29)(H4,24,25,26)/t18-,20+/m1/s1. The fourth-order valence-electron chi connectivity index (χ4n) is 2.78. The molecule has 8 heteroatoms. The predicted molar refractivity (Wildman–Crippen MR) is 116 cm³/mol. The second-order valence-corrected chi connectivity index (χ2v) is 6.89. The van der Waals surface area contributed by atoms with Gasteiger partial charge in [0.2, 0.25) is 12.2 Å². The summed E-state index contributed by atoms with van der Waals surface area (Å²) in [5, 5.41) is 12.3. The van der Waals surface area contributed by atoms with E-state index in [4.69, 9.17) is 21.6 Å². The van der Waals surface area contributed by atoms with Crippen LogP contribution in [0.5, 0.6) is 5.75 Å². The predicted octanol–water partition coefficient (Wildman–Crippen LogP) is 0.993. The van der Waals surface area contributed by atoms with Crippen molar-refractivity contribution in [1.29, 1.82) is 5.41 Å². The highest BCUT2D eigenvalue weighted by Crippen LogP contribution is 2.15. The van der Waals surface area contributed by atoms with E-state index in [-0.39, 0.29) is 5.96 Å². The fourth-order valence-corrected chi connectivity index (χ4v) is 2.78. The molecule has 2 aromatic rings. The van der Waals surface area contributed by atoms with Gasteiger partial charge in [0.25, 0.3) is 0 Å². The van der Waals surface area contributed by atoms with Gasteiger partial charge < -0.3 is 26.8 Å². The summed E-state index contributed by atoms with van der Waals surface area (Å²) in [5.74, 6) is 0.187. The lowest BCUT2D eigenvalue weighted by atomic mass is 10.0. The Labute approximate surface area is 176 Å². The molecule has 7 N–H and O–H groups in total. The maximum atomic E-state index is 12.3. The van der Waals surface area contributed by atoms with Gasteiger partial charge in [-0.05, 0) is 42.5 Å². The van der Waals surface area contributed by atoms with E-state index in [0.717, 1.165) is 16.9 Å². The summed E-state index contributed by atoms with van der Waals surface area (Å²) in [6, 6.07) is 15.8. The van der Waals surface area contributed by atoms with Crippen LogP contribution in [0, 0.1) is 5.41 Å². The van der Waals surface area contributed by atoms with Gasteiger partial charge in [-0.15, -0.1) is 0 Å². The first-order valence-electron chi connectivity index (χ1n) is 9.75. The Hall–Kier alpha value is -3.39. The van der Waals surface area contributed by atoms with Crippen LogP contribution < -0.4 is 26.8 Å². The quantitative estimate of drug-likeness (QED) is 0.201. The molecule has 0 aromatic heterocycles. The number of benzene rings is 2. The van der Waals surface area contributed by atoms with Gasteiger partial charge in [0.05, 0.1) is 12.1 Å². The van der Waals surface area contributed by atoms with E-state index in [9.17, 15) is 9.59 Å². The minimum atomic E-state index is -0.785. The highest BCUT2D eigenvalue weighted by atomic mass is 16.5. The number of guanidine groups is 1. The van der Waals surface area contributed by atoms with Gasteiger partial charge in [-0.2, -0.15) is 0 Å². The molecule has 8 nitrogen and oxygen atoms in total. The van der Waals surface area contributed by atoms with Gasteiger partial charge in [-0.1, -0.05) is 42.5 Å². The number of amides is 1. The van der Waals surface area contributed by atoms with Crippen LogP contribution in [0.25, 0.3) is 0 Å². The molecule has 2 atom stereocenters. The van der Waals surface area contributed by atoms with Crippen molar-refractivity contribution in [3.63, 3.8) is 0 Å². The highest BCUT2D eigenvalue weighted by molar-refractivity contribution is 5.84. The van der Waals surface area contributed by atoms with Gasteiger partial charge in [-0.3, -0.25) is 15.0 Å². The van der Waals surface area contributed by atoms with Crippen LogP contribution in [-0.4, -0.2) is 36.8 Å². The number of hydrogen-bond donors (Lipinski definition) is 5. The smallest absolute Gasteiger partial charge is 0.237 e. The molecule has 0 aliphatic rings. The summed E-state index contributed by atoms with van der Waals surface area (Å²) in [4.78, 5) is 23.3. The van der Waals surface area contributed by atoms with E-state index in [2.05, 4.69) is 10.6 Å². The van der Waals surface area contributed by atoms with E-state index < -0.39 is 18.0 Å². The molecule has 1 amide bonds. The van der Waals surface area contributed by atoms with E-state index in [1.54, 1.807) is 0 Å². The Morgan fingerprint density at radius 1 is 1.10 bits per heavy atom. The summed E-state index contributed by atoms with van der Waals surface area (Å²) >= 11 is 0. The Balaban J connectivity index is 1.76. The van der Waals surface area contributed by atoms with Crippen LogP contribution in [-0.2, 0) is 22.6 Å². The molecule has 1 radical (unpaired) electrons. The van der Waals surface area contributed by atoms with E-state index in [1.807, 2.05) is 60.9 Å². The molecule has 0 unspecified atom stereocenters. The van der Waals surface area contributed by atoms with Gasteiger partial charge in [0, 0.05) is 6.54 Å². The van der Waals surface area contributed by atoms with Gasteiger partial charge >= 0.3 is 0 Å². The van der Waals surface area contributed by atoms with Crippen LogP contribution in [0.1, 0.15) is 24.0 Å². The highest BCUT2D eigenvalue weighted by Gasteiger charge is 2.18. The first kappa shape index (κ1) is 22.9. The summed E-state index contributed by atoms with van der Waals surface area (Å²) in [6.45, 7) is 0.918. The Morgan fingerprint density at radius 2 is 1.80 bits per heavy atom. The molecule has 2 rings (SSSR count). The molecule has 159 valence electrons. The molecule has 0 bridgehead atoms. The Kier molecular flexibility index (Phi) is 9.33. The molecule has 0 spiro atoms. The normalized spacial score (nSPS) is 12.4. The van der Waals surface area contributed by atoms with Crippen molar-refractivity contribution < 1.29 is 14.3 Å². The lowest BCUT2D eigenvalue weighted by Crippen LogP contribution is -2.47. The summed E-state index contributed by atoms with van der Waals surface area (Å²) < 4.78 is 5.75. The maximum Gasteiger partial charge on any atom is 0.237 e. The monoisotopic (exact) mass is 410 g/mol. The second kappa shape index (κ2) is 12.2. The van der Waals surface area contributed by atoms with Crippen molar-refractivity contribution >= 4 is 18.2 Å². The van der Waals surface area contributed by atoms with Crippen molar-refractivity contribution in [3.05, 3.63) is 65.7 Å². The van der Waals surface area contributed by atoms with E-state index >= 15 is 0 Å². The number of carbonyl (C=O) groups excluding carboxylic acids is 2. The average molecular weight is 410 g/mol. The fraction of sp³-hybridized carbons (Fsp3) is 0.318. The summed E-state index contributed by atoms with van der Waals surface area (Å²) in [6.07, 6.45) is 3.08. The largest absolute Gasteiger partial charge is 0.489 e. The van der Waals surface area contributed by atoms with E-state index in [1.165, 1.54) is 0 Å². The molecule has 0 aliphatic carbocycles. The molecule has 2 aromatic carbocycles. The number of carbonyl (C=O) groups is 1. The lowest BCUT2D eigenvalue weighted by molar-refractivity contribution is -0.122. The summed E-state index contributed by atoms with van der Waals surface area (Å²) in [5.41, 5.74) is 13.2. The third-order valence-corrected chi connectivity index (χ3v) is 4.41. The molecular weight excluding hydrogens is 382 g/mol. The first-order chi connectivity index (χ1) is 14.5. The van der Waals surface area contributed by atoms with Crippen LogP contribution in [0.3, 0.4) is 0 Å². The van der Waals surface area contributed by atoms with Crippen molar-refractivity contribution in [2.45, 2.75) is 38.0 Å². The van der Waals surface area contributed by atoms with Crippen molar-refractivity contribution in [2.24, 2.45) is 11.5 Å². The van der Waals surface area contributed by atoms with Crippen LogP contribution in [0.15, 0.2) is 54.6 Å². The van der Waals surface area contributed by atoms with Gasteiger partial charge in [0.1, 0.15) is 12.4 Å². The molecule has 30 heavy (non-hydrogen) atoms. The van der Waals surface area contributed by atoms with Crippen molar-refractivity contribution in [3.8, 4) is 5.75 Å². The minimum absolute atomic E-state index is 0.135. The third kappa shape index (κ3) is 8.32. The van der Waals surface area contributed by atoms with E-state index in [0.29, 0.717) is 32.4 Å². The number of nitrogens with two attached hydrogens (primary N) is 2. The van der Waals surface area contributed by atoms with Crippen LogP contribution in [0.2, 0.25) is 0 Å². The number of rotatable bonds is 12. The zero-order chi connectivity index (χ0) is 21.8. The summed E-state index contributed by atoms with van der Waals surface area (Å²) in [7, 11) is 0. The van der Waals surface area contributed by atoms with Crippen molar-refractivity contribution in [2.75, 3.05) is 6.54 Å². The molecule has 0 saturated carbocycles. The molecule has 0 aliphatic heterocycles. The van der Waals surface area contributed by atoms with Crippen LogP contribution >= 0.6 is 0 Å². The Bertz CT molecular complexity index is 811. The molecule has 0 heterocycles. The average Bonchev–Trinajstić information content (AvgIpc) is 2.75.